The van der Waals surface area contributed by atoms with Crippen molar-refractivity contribution in [3.8, 4) is 0 Å². The van der Waals surface area contributed by atoms with E-state index in [1.54, 1.807) is 0 Å². The minimum absolute atomic E-state index is 0.00266. The number of carbonyl (C=O) groups excluding carboxylic acids is 1. The zero-order chi connectivity index (χ0) is 22.6. The summed E-state index contributed by atoms with van der Waals surface area (Å²) >= 11 is 1.43. The second-order valence-corrected chi connectivity index (χ2v) is 13.1. The lowest BCUT2D eigenvalue weighted by Crippen LogP contribution is -2.53. The van der Waals surface area contributed by atoms with Crippen LogP contribution in [0.2, 0.25) is 0 Å². The highest BCUT2D eigenvalue weighted by molar-refractivity contribution is 7.92. The van der Waals surface area contributed by atoms with E-state index in [-0.39, 0.29) is 40.7 Å². The lowest BCUT2D eigenvalue weighted by molar-refractivity contribution is -0.134. The van der Waals surface area contributed by atoms with Gasteiger partial charge in [0.2, 0.25) is 15.9 Å². The number of fused-ring (bicyclic) bond motifs is 2. The number of nitrogens with zero attached hydrogens (tertiary/aromatic N) is 1. The fraction of sp³-hybridized carbons (Fsp3) is 0.818. The number of anilines is 1. The largest absolute Gasteiger partial charge is 0.392 e. The minimum atomic E-state index is -3.38. The maximum Gasteiger partial charge on any atom is 0.234 e. The molecule has 0 aromatic carbocycles. The lowest BCUT2D eigenvalue weighted by Gasteiger charge is -2.53. The second-order valence-electron chi connectivity index (χ2n) is 10.2. The van der Waals surface area contributed by atoms with Gasteiger partial charge in [-0.1, -0.05) is 27.7 Å². The maximum atomic E-state index is 12.6. The van der Waals surface area contributed by atoms with Crippen molar-refractivity contribution in [2.45, 2.75) is 84.3 Å². The number of aromatic nitrogens is 1. The van der Waals surface area contributed by atoms with Gasteiger partial charge in [0.25, 0.3) is 0 Å². The van der Waals surface area contributed by atoms with Crippen LogP contribution in [0.25, 0.3) is 0 Å². The average Bonchev–Trinajstić information content (AvgIpc) is 3.39. The first-order valence-corrected chi connectivity index (χ1v) is 14.0. The Morgan fingerprint density at radius 3 is 2.71 bits per heavy atom. The zero-order valence-corrected chi connectivity index (χ0v) is 20.5. The summed E-state index contributed by atoms with van der Waals surface area (Å²) in [5.41, 5.74) is 0.817. The SMILES string of the molecule is CCCS(=O)(=O)Nc1nc2c(s1)C[C@@]1(C)CC[C@H]([C@H](C)C(=O)NC3CC3)[C@H](O)[C@H]1[C@@H]2C. The lowest BCUT2D eigenvalue weighted by atomic mass is 9.53. The number of hydrogen-bond donors (Lipinski definition) is 3. The summed E-state index contributed by atoms with van der Waals surface area (Å²) in [6, 6.07) is 0.321. The molecule has 1 heterocycles. The Hall–Kier alpha value is -1.19. The van der Waals surface area contributed by atoms with Crippen LogP contribution >= 0.6 is 11.3 Å². The molecule has 0 unspecified atom stereocenters. The topological polar surface area (TPSA) is 108 Å². The van der Waals surface area contributed by atoms with Gasteiger partial charge >= 0.3 is 0 Å². The van der Waals surface area contributed by atoms with Crippen LogP contribution in [0.5, 0.6) is 0 Å². The van der Waals surface area contributed by atoms with Crippen molar-refractivity contribution in [1.29, 1.82) is 0 Å². The van der Waals surface area contributed by atoms with Crippen LogP contribution in [-0.2, 0) is 21.2 Å². The van der Waals surface area contributed by atoms with Crippen LogP contribution < -0.4 is 10.0 Å². The van der Waals surface area contributed by atoms with Gasteiger partial charge in [0.15, 0.2) is 5.13 Å². The molecule has 1 aromatic heterocycles. The highest BCUT2D eigenvalue weighted by atomic mass is 32.2. The minimum Gasteiger partial charge on any atom is -0.392 e. The third-order valence-corrected chi connectivity index (χ3v) is 10.2. The molecular formula is C22H35N3O4S2. The zero-order valence-electron chi connectivity index (χ0n) is 18.8. The number of aliphatic hydroxyl groups is 1. The predicted octanol–water partition coefficient (Wildman–Crippen LogP) is 3.26. The molecule has 9 heteroatoms. The van der Waals surface area contributed by atoms with Crippen molar-refractivity contribution in [2.24, 2.45) is 23.2 Å². The number of amides is 1. The van der Waals surface area contributed by atoms with Crippen LogP contribution in [0.15, 0.2) is 0 Å². The fourth-order valence-electron chi connectivity index (χ4n) is 5.80. The molecule has 0 spiro atoms. The van der Waals surface area contributed by atoms with E-state index < -0.39 is 16.1 Å². The van der Waals surface area contributed by atoms with E-state index in [9.17, 15) is 18.3 Å². The van der Waals surface area contributed by atoms with E-state index in [2.05, 4.69) is 28.9 Å². The quantitative estimate of drug-likeness (QED) is 0.568. The van der Waals surface area contributed by atoms with E-state index in [4.69, 9.17) is 0 Å². The molecule has 7 nitrogen and oxygen atoms in total. The van der Waals surface area contributed by atoms with E-state index in [1.165, 1.54) is 11.3 Å². The number of hydrogen-bond acceptors (Lipinski definition) is 6. The second kappa shape index (κ2) is 8.30. The van der Waals surface area contributed by atoms with Crippen molar-refractivity contribution in [3.63, 3.8) is 0 Å². The normalized spacial score (nSPS) is 33.8. The third-order valence-electron chi connectivity index (χ3n) is 7.62. The first-order chi connectivity index (χ1) is 14.5. The molecule has 0 bridgehead atoms. The number of carbonyl (C=O) groups is 1. The molecule has 1 amide bonds. The molecule has 0 saturated heterocycles. The molecule has 3 N–H and O–H groups in total. The molecular weight excluding hydrogens is 434 g/mol. The van der Waals surface area contributed by atoms with Crippen LogP contribution in [0.1, 0.15) is 76.3 Å². The number of sulfonamides is 1. The maximum absolute atomic E-state index is 12.6. The summed E-state index contributed by atoms with van der Waals surface area (Å²) in [5.74, 6) is -0.153. The van der Waals surface area contributed by atoms with Gasteiger partial charge in [-0.2, -0.15) is 0 Å². The molecule has 0 aliphatic heterocycles. The molecule has 31 heavy (non-hydrogen) atoms. The van der Waals surface area contributed by atoms with Crippen molar-refractivity contribution in [3.05, 3.63) is 10.6 Å². The van der Waals surface area contributed by atoms with E-state index in [1.807, 2.05) is 13.8 Å². The summed E-state index contributed by atoms with van der Waals surface area (Å²) in [6.07, 6.45) is 4.64. The van der Waals surface area contributed by atoms with Gasteiger partial charge in [0.1, 0.15) is 0 Å². The molecule has 0 radical (unpaired) electrons. The number of aliphatic hydroxyl groups excluding tert-OH is 1. The molecule has 4 rings (SSSR count). The smallest absolute Gasteiger partial charge is 0.234 e. The van der Waals surface area contributed by atoms with Crippen LogP contribution in [0.3, 0.4) is 0 Å². The standard InChI is InChI=1S/C22H35N3O4S2/c1-5-10-31(28,29)25-21-24-18-13(3)17-19(26)15(12(2)20(27)23-14-6-7-14)8-9-22(17,4)11-16(18)30-21/h12-15,17,19,26H,5-11H2,1-4H3,(H,23,27)(H,24,25)/t12-,13-,15+,17+,19-,22+/m0/s1. The van der Waals surface area contributed by atoms with Crippen molar-refractivity contribution in [2.75, 3.05) is 10.5 Å². The van der Waals surface area contributed by atoms with Gasteiger partial charge in [0.05, 0.1) is 17.6 Å². The van der Waals surface area contributed by atoms with Gasteiger partial charge in [-0.25, -0.2) is 13.4 Å². The summed E-state index contributed by atoms with van der Waals surface area (Å²) in [6.45, 7) is 8.09. The third kappa shape index (κ3) is 4.50. The Bertz CT molecular complexity index is 943. The molecule has 2 fully saturated rings. The first-order valence-electron chi connectivity index (χ1n) is 11.5. The van der Waals surface area contributed by atoms with Crippen molar-refractivity contribution < 1.29 is 18.3 Å². The number of nitrogens with one attached hydrogen (secondary N) is 2. The highest BCUT2D eigenvalue weighted by Crippen LogP contribution is 2.57. The Balaban J connectivity index is 1.55. The van der Waals surface area contributed by atoms with Gasteiger partial charge in [-0.15, -0.1) is 11.3 Å². The van der Waals surface area contributed by atoms with Crippen LogP contribution in [0, 0.1) is 23.2 Å². The van der Waals surface area contributed by atoms with Crippen LogP contribution in [0.4, 0.5) is 5.13 Å². The van der Waals surface area contributed by atoms with Crippen molar-refractivity contribution >= 4 is 32.4 Å². The van der Waals surface area contributed by atoms with E-state index in [0.717, 1.165) is 42.7 Å². The van der Waals surface area contributed by atoms with Crippen molar-refractivity contribution in [1.82, 2.24) is 10.3 Å². The summed E-state index contributed by atoms with van der Waals surface area (Å²) in [7, 11) is -3.38. The molecule has 174 valence electrons. The first kappa shape index (κ1) is 23.0. The molecule has 3 aliphatic carbocycles. The van der Waals surface area contributed by atoms with Gasteiger partial charge in [-0.3, -0.25) is 9.52 Å². The van der Waals surface area contributed by atoms with Gasteiger partial charge < -0.3 is 10.4 Å². The summed E-state index contributed by atoms with van der Waals surface area (Å²) in [5, 5.41) is 15.0. The average molecular weight is 470 g/mol. The van der Waals surface area contributed by atoms with E-state index in [0.29, 0.717) is 17.6 Å². The van der Waals surface area contributed by atoms with Gasteiger partial charge in [0, 0.05) is 22.8 Å². The summed E-state index contributed by atoms with van der Waals surface area (Å²) in [4.78, 5) is 18.4. The summed E-state index contributed by atoms with van der Waals surface area (Å²) < 4.78 is 27.0. The number of thiazole rings is 1. The highest BCUT2D eigenvalue weighted by Gasteiger charge is 2.54. The molecule has 3 aliphatic rings. The van der Waals surface area contributed by atoms with Crippen LogP contribution in [-0.4, -0.2) is 42.3 Å². The fourth-order valence-corrected chi connectivity index (χ4v) is 8.41. The Morgan fingerprint density at radius 2 is 2.06 bits per heavy atom. The molecule has 6 atom stereocenters. The predicted molar refractivity (Wildman–Crippen MR) is 123 cm³/mol. The Labute approximate surface area is 189 Å². The molecule has 1 aromatic rings. The molecule has 2 saturated carbocycles. The Morgan fingerprint density at radius 1 is 1.35 bits per heavy atom. The number of rotatable bonds is 7. The van der Waals surface area contributed by atoms with E-state index >= 15 is 0 Å². The Kier molecular flexibility index (Phi) is 6.15. The monoisotopic (exact) mass is 469 g/mol. The van der Waals surface area contributed by atoms with Gasteiger partial charge in [-0.05, 0) is 55.8 Å².